The monoisotopic (exact) mass is 235 g/mol. The van der Waals surface area contributed by atoms with Gasteiger partial charge in [-0.3, -0.25) is 4.98 Å². The summed E-state index contributed by atoms with van der Waals surface area (Å²) in [4.78, 5) is 8.66. The van der Waals surface area contributed by atoms with E-state index in [0.717, 1.165) is 29.3 Å². The number of alkyl halides is 1. The number of imidazole rings is 1. The third-order valence-corrected chi connectivity index (χ3v) is 3.27. The number of nitrogens with zero attached hydrogens (tertiary/aromatic N) is 3. The highest BCUT2D eigenvalue weighted by Gasteiger charge is 2.25. The molecule has 3 rings (SSSR count). The largest absolute Gasteiger partial charge is 0.326 e. The Bertz CT molecular complexity index is 514. The van der Waals surface area contributed by atoms with Gasteiger partial charge in [0.2, 0.25) is 0 Å². The van der Waals surface area contributed by atoms with Crippen LogP contribution in [-0.4, -0.2) is 14.5 Å². The van der Waals surface area contributed by atoms with Crippen LogP contribution in [0.25, 0.3) is 11.0 Å². The van der Waals surface area contributed by atoms with Gasteiger partial charge in [-0.25, -0.2) is 4.98 Å². The summed E-state index contributed by atoms with van der Waals surface area (Å²) in [6.07, 6.45) is 6.29. The maximum absolute atomic E-state index is 6.18. The molecule has 1 atom stereocenters. The normalized spacial score (nSPS) is 17.9. The second-order valence-electron chi connectivity index (χ2n) is 4.50. The molecule has 0 radical (unpaired) electrons. The van der Waals surface area contributed by atoms with Crippen LogP contribution in [0, 0.1) is 5.92 Å². The molecule has 2 heterocycles. The van der Waals surface area contributed by atoms with Crippen LogP contribution in [0.2, 0.25) is 0 Å². The van der Waals surface area contributed by atoms with Gasteiger partial charge in [-0.1, -0.05) is 0 Å². The number of pyridine rings is 1. The predicted octanol–water partition coefficient (Wildman–Crippen LogP) is 3.14. The van der Waals surface area contributed by atoms with E-state index < -0.39 is 0 Å². The molecule has 1 saturated carbocycles. The fourth-order valence-corrected chi connectivity index (χ4v) is 2.22. The van der Waals surface area contributed by atoms with E-state index in [1.807, 2.05) is 25.4 Å². The van der Waals surface area contributed by atoms with Crippen molar-refractivity contribution in [2.24, 2.45) is 5.92 Å². The lowest BCUT2D eigenvalue weighted by Gasteiger charge is -2.09. The van der Waals surface area contributed by atoms with Crippen molar-refractivity contribution in [3.63, 3.8) is 0 Å². The van der Waals surface area contributed by atoms with Crippen LogP contribution in [0.1, 0.15) is 31.0 Å². The molecule has 0 N–H and O–H groups in total. The SMILES string of the molecule is CC(Cl)c1nc2cnccc2n1CC1CC1. The van der Waals surface area contributed by atoms with Gasteiger partial charge in [0, 0.05) is 12.7 Å². The minimum atomic E-state index is -0.0499. The van der Waals surface area contributed by atoms with E-state index in [0.29, 0.717) is 0 Å². The molecular formula is C12H14ClN3. The average Bonchev–Trinajstić information content (AvgIpc) is 3.00. The van der Waals surface area contributed by atoms with Crippen LogP contribution in [0.4, 0.5) is 0 Å². The molecule has 4 heteroatoms. The van der Waals surface area contributed by atoms with Crippen LogP contribution in [0.3, 0.4) is 0 Å². The van der Waals surface area contributed by atoms with Crippen molar-refractivity contribution < 1.29 is 0 Å². The molecule has 16 heavy (non-hydrogen) atoms. The standard InChI is InChI=1S/C12H14ClN3/c1-8(13)12-15-10-6-14-5-4-11(10)16(12)7-9-2-3-9/h4-6,8-9H,2-3,7H2,1H3. The number of hydrogen-bond acceptors (Lipinski definition) is 2. The zero-order chi connectivity index (χ0) is 11.1. The molecule has 0 spiro atoms. The van der Waals surface area contributed by atoms with Crippen molar-refractivity contribution in [2.75, 3.05) is 0 Å². The zero-order valence-electron chi connectivity index (χ0n) is 9.23. The van der Waals surface area contributed by atoms with Crippen molar-refractivity contribution in [1.82, 2.24) is 14.5 Å². The van der Waals surface area contributed by atoms with Crippen LogP contribution in [0.15, 0.2) is 18.5 Å². The highest BCUT2D eigenvalue weighted by molar-refractivity contribution is 6.20. The number of aromatic nitrogens is 3. The maximum Gasteiger partial charge on any atom is 0.127 e. The number of halogens is 1. The molecule has 1 aliphatic rings. The second kappa shape index (κ2) is 3.74. The number of hydrogen-bond donors (Lipinski definition) is 0. The topological polar surface area (TPSA) is 30.7 Å². The van der Waals surface area contributed by atoms with Gasteiger partial charge >= 0.3 is 0 Å². The number of fused-ring (bicyclic) bond motifs is 1. The molecule has 2 aromatic heterocycles. The fourth-order valence-electron chi connectivity index (χ4n) is 2.05. The third kappa shape index (κ3) is 1.69. The van der Waals surface area contributed by atoms with Gasteiger partial charge in [-0.2, -0.15) is 0 Å². The molecular weight excluding hydrogens is 222 g/mol. The highest BCUT2D eigenvalue weighted by Crippen LogP contribution is 2.34. The Morgan fingerprint density at radius 2 is 2.38 bits per heavy atom. The van der Waals surface area contributed by atoms with Gasteiger partial charge < -0.3 is 4.57 Å². The van der Waals surface area contributed by atoms with Crippen LogP contribution in [0.5, 0.6) is 0 Å². The van der Waals surface area contributed by atoms with E-state index in [1.54, 1.807) is 0 Å². The molecule has 1 aliphatic carbocycles. The molecule has 0 amide bonds. The predicted molar refractivity (Wildman–Crippen MR) is 64.5 cm³/mol. The van der Waals surface area contributed by atoms with Gasteiger partial charge in [-0.05, 0) is 31.7 Å². The summed E-state index contributed by atoms with van der Waals surface area (Å²) in [5.74, 6) is 1.79. The first kappa shape index (κ1) is 10.1. The molecule has 0 bridgehead atoms. The summed E-state index contributed by atoms with van der Waals surface area (Å²) in [6.45, 7) is 3.02. The van der Waals surface area contributed by atoms with E-state index in [2.05, 4.69) is 14.5 Å². The molecule has 2 aromatic rings. The molecule has 3 nitrogen and oxygen atoms in total. The molecule has 1 fully saturated rings. The van der Waals surface area contributed by atoms with Gasteiger partial charge in [-0.15, -0.1) is 11.6 Å². The van der Waals surface area contributed by atoms with Crippen LogP contribution >= 0.6 is 11.6 Å². The Kier molecular flexibility index (Phi) is 2.36. The molecule has 0 saturated heterocycles. The summed E-state index contributed by atoms with van der Waals surface area (Å²) < 4.78 is 2.26. The lowest BCUT2D eigenvalue weighted by molar-refractivity contribution is 0.610. The number of rotatable bonds is 3. The quantitative estimate of drug-likeness (QED) is 0.766. The molecule has 0 aliphatic heterocycles. The Hall–Kier alpha value is -1.09. The van der Waals surface area contributed by atoms with E-state index in [9.17, 15) is 0 Å². The van der Waals surface area contributed by atoms with Crippen LogP contribution in [-0.2, 0) is 6.54 Å². The lowest BCUT2D eigenvalue weighted by Crippen LogP contribution is -2.05. The first-order valence-corrected chi connectivity index (χ1v) is 6.13. The van der Waals surface area contributed by atoms with Gasteiger partial charge in [0.1, 0.15) is 11.3 Å². The molecule has 84 valence electrons. The lowest BCUT2D eigenvalue weighted by atomic mass is 10.3. The zero-order valence-corrected chi connectivity index (χ0v) is 9.98. The van der Waals surface area contributed by atoms with Crippen molar-refractivity contribution in [2.45, 2.75) is 31.7 Å². The fraction of sp³-hybridized carbons (Fsp3) is 0.500. The smallest absolute Gasteiger partial charge is 0.127 e. The minimum absolute atomic E-state index is 0.0499. The Labute approximate surface area is 99.5 Å². The van der Waals surface area contributed by atoms with Gasteiger partial charge in [0.15, 0.2) is 0 Å². The van der Waals surface area contributed by atoms with Crippen molar-refractivity contribution in [1.29, 1.82) is 0 Å². The van der Waals surface area contributed by atoms with E-state index in [1.165, 1.54) is 12.8 Å². The first-order valence-electron chi connectivity index (χ1n) is 5.70. The second-order valence-corrected chi connectivity index (χ2v) is 5.16. The summed E-state index contributed by atoms with van der Waals surface area (Å²) in [7, 11) is 0. The maximum atomic E-state index is 6.18. The Morgan fingerprint density at radius 3 is 3.06 bits per heavy atom. The van der Waals surface area contributed by atoms with E-state index in [4.69, 9.17) is 11.6 Å². The Morgan fingerprint density at radius 1 is 1.56 bits per heavy atom. The van der Waals surface area contributed by atoms with E-state index in [-0.39, 0.29) is 5.38 Å². The molecule has 0 aromatic carbocycles. The van der Waals surface area contributed by atoms with Gasteiger partial charge in [0.25, 0.3) is 0 Å². The summed E-state index contributed by atoms with van der Waals surface area (Å²) in [6, 6.07) is 2.02. The third-order valence-electron chi connectivity index (χ3n) is 3.07. The van der Waals surface area contributed by atoms with Crippen molar-refractivity contribution >= 4 is 22.6 Å². The van der Waals surface area contributed by atoms with Crippen LogP contribution < -0.4 is 0 Å². The van der Waals surface area contributed by atoms with Crippen molar-refractivity contribution in [3.8, 4) is 0 Å². The Balaban J connectivity index is 2.14. The first-order chi connectivity index (χ1) is 7.75. The van der Waals surface area contributed by atoms with E-state index >= 15 is 0 Å². The summed E-state index contributed by atoms with van der Waals surface area (Å²) >= 11 is 6.18. The average molecular weight is 236 g/mol. The summed E-state index contributed by atoms with van der Waals surface area (Å²) in [5, 5.41) is -0.0499. The highest BCUT2D eigenvalue weighted by atomic mass is 35.5. The minimum Gasteiger partial charge on any atom is -0.326 e. The van der Waals surface area contributed by atoms with Crippen molar-refractivity contribution in [3.05, 3.63) is 24.3 Å². The summed E-state index contributed by atoms with van der Waals surface area (Å²) in [5.41, 5.74) is 2.11. The molecule has 1 unspecified atom stereocenters. The van der Waals surface area contributed by atoms with Gasteiger partial charge in [0.05, 0.1) is 17.1 Å².